The highest BCUT2D eigenvalue weighted by atomic mass is 16.5. The van der Waals surface area contributed by atoms with Crippen molar-refractivity contribution in [1.29, 1.82) is 0 Å². The smallest absolute Gasteiger partial charge is 0.308 e. The molecule has 0 radical (unpaired) electrons. The number of fused-ring (bicyclic) bond motifs is 2. The highest BCUT2D eigenvalue weighted by Crippen LogP contribution is 2.26. The molecule has 1 aliphatic rings. The predicted molar refractivity (Wildman–Crippen MR) is 148 cm³/mol. The number of rotatable bonds is 8. The molecule has 0 fully saturated rings. The van der Waals surface area contributed by atoms with Gasteiger partial charge in [-0.05, 0) is 47.9 Å². The summed E-state index contributed by atoms with van der Waals surface area (Å²) < 4.78 is 4.83. The van der Waals surface area contributed by atoms with E-state index in [0.29, 0.717) is 37.4 Å². The van der Waals surface area contributed by atoms with E-state index in [9.17, 15) is 14.4 Å². The summed E-state index contributed by atoms with van der Waals surface area (Å²) in [6.07, 6.45) is 0.587. The van der Waals surface area contributed by atoms with Gasteiger partial charge in [-0.15, -0.1) is 0 Å². The molecule has 2 N–H and O–H groups in total. The zero-order valence-corrected chi connectivity index (χ0v) is 22.0. The number of amides is 2. The fourth-order valence-corrected chi connectivity index (χ4v) is 4.84. The average molecular weight is 526 g/mol. The van der Waals surface area contributed by atoms with E-state index in [1.165, 1.54) is 7.11 Å². The van der Waals surface area contributed by atoms with Gasteiger partial charge >= 0.3 is 5.97 Å². The molecule has 0 aliphatic carbocycles. The minimum absolute atomic E-state index is 0.0858. The minimum atomic E-state index is -0.758. The van der Waals surface area contributed by atoms with E-state index in [1.54, 1.807) is 29.0 Å². The Hall–Kier alpha value is -4.66. The molecule has 0 spiro atoms. The Morgan fingerprint density at radius 1 is 1.08 bits per heavy atom. The zero-order valence-electron chi connectivity index (χ0n) is 22.0. The summed E-state index contributed by atoms with van der Waals surface area (Å²) in [4.78, 5) is 50.1. The van der Waals surface area contributed by atoms with Gasteiger partial charge in [0.15, 0.2) is 0 Å². The molecule has 1 unspecified atom stereocenters. The lowest BCUT2D eigenvalue weighted by Crippen LogP contribution is -2.42. The second-order valence-corrected chi connectivity index (χ2v) is 9.71. The molecule has 200 valence electrons. The van der Waals surface area contributed by atoms with Crippen molar-refractivity contribution < 1.29 is 19.1 Å². The van der Waals surface area contributed by atoms with Gasteiger partial charge in [-0.25, -0.2) is 4.98 Å². The summed E-state index contributed by atoms with van der Waals surface area (Å²) in [7, 11) is 3.05. The standard InChI is InChI=1S/C30H31N5O4/c1-34(19-27-32-24-10-6-7-11-25(24)33-27)29(37)21-12-13-23-22(16-21)18-35(15-14-20-8-4-3-5-9-20)30(38)26(31-23)17-28(36)39-2/h3-13,16,26,31H,14-15,17-19H2,1-2H3,(H,32,33). The summed E-state index contributed by atoms with van der Waals surface area (Å²) in [5.41, 5.74) is 4.93. The Kier molecular flexibility index (Phi) is 7.58. The SMILES string of the molecule is COC(=O)CC1Nc2ccc(C(=O)N(C)Cc3nc4ccccc4[nH]3)cc2CN(CCc2ccccc2)C1=O. The van der Waals surface area contributed by atoms with Gasteiger partial charge in [0.05, 0.1) is 31.1 Å². The number of carbonyl (C=O) groups is 3. The number of hydrogen-bond donors (Lipinski definition) is 2. The molecule has 39 heavy (non-hydrogen) atoms. The monoisotopic (exact) mass is 525 g/mol. The fourth-order valence-electron chi connectivity index (χ4n) is 4.84. The van der Waals surface area contributed by atoms with Gasteiger partial charge in [-0.2, -0.15) is 0 Å². The first-order chi connectivity index (χ1) is 18.9. The van der Waals surface area contributed by atoms with Crippen LogP contribution in [0.2, 0.25) is 0 Å². The second kappa shape index (κ2) is 11.4. The lowest BCUT2D eigenvalue weighted by molar-refractivity contribution is -0.144. The van der Waals surface area contributed by atoms with Crippen LogP contribution in [0.25, 0.3) is 11.0 Å². The van der Waals surface area contributed by atoms with Crippen molar-refractivity contribution in [1.82, 2.24) is 19.8 Å². The number of nitrogens with zero attached hydrogens (tertiary/aromatic N) is 3. The molecule has 3 aromatic carbocycles. The number of ether oxygens (including phenoxy) is 1. The molecule has 9 heteroatoms. The number of para-hydroxylation sites is 2. The zero-order chi connectivity index (χ0) is 27.4. The molecule has 1 aromatic heterocycles. The van der Waals surface area contributed by atoms with Crippen LogP contribution in [0.3, 0.4) is 0 Å². The molecule has 1 aliphatic heterocycles. The molecule has 9 nitrogen and oxygen atoms in total. The van der Waals surface area contributed by atoms with E-state index in [1.807, 2.05) is 60.7 Å². The number of aromatic amines is 1. The molecule has 1 atom stereocenters. The predicted octanol–water partition coefficient (Wildman–Crippen LogP) is 3.76. The molecular weight excluding hydrogens is 494 g/mol. The van der Waals surface area contributed by atoms with Crippen LogP contribution < -0.4 is 5.32 Å². The maximum Gasteiger partial charge on any atom is 0.308 e. The average Bonchev–Trinajstić information content (AvgIpc) is 3.31. The first-order valence-corrected chi connectivity index (χ1v) is 12.9. The number of hydrogen-bond acceptors (Lipinski definition) is 6. The van der Waals surface area contributed by atoms with E-state index in [2.05, 4.69) is 15.3 Å². The van der Waals surface area contributed by atoms with E-state index >= 15 is 0 Å². The largest absolute Gasteiger partial charge is 0.469 e. The normalized spacial score (nSPS) is 14.9. The summed E-state index contributed by atoms with van der Waals surface area (Å²) in [6.45, 7) is 1.12. The van der Waals surface area contributed by atoms with Crippen molar-refractivity contribution in [3.63, 3.8) is 0 Å². The first-order valence-electron chi connectivity index (χ1n) is 12.9. The summed E-state index contributed by atoms with van der Waals surface area (Å²) in [5, 5.41) is 3.22. The number of esters is 1. The highest BCUT2D eigenvalue weighted by molar-refractivity contribution is 5.96. The fraction of sp³-hybridized carbons (Fsp3) is 0.267. The molecule has 0 saturated carbocycles. The van der Waals surface area contributed by atoms with Crippen LogP contribution in [0.4, 0.5) is 5.69 Å². The first kappa shape index (κ1) is 26.0. The van der Waals surface area contributed by atoms with E-state index in [4.69, 9.17) is 4.74 Å². The van der Waals surface area contributed by atoms with Gasteiger partial charge in [-0.3, -0.25) is 14.4 Å². The van der Waals surface area contributed by atoms with E-state index < -0.39 is 12.0 Å². The molecule has 2 heterocycles. The van der Waals surface area contributed by atoms with Gasteiger partial charge in [0.25, 0.3) is 5.91 Å². The Labute approximate surface area is 226 Å². The lowest BCUT2D eigenvalue weighted by Gasteiger charge is -2.24. The minimum Gasteiger partial charge on any atom is -0.469 e. The maximum atomic E-state index is 13.5. The summed E-state index contributed by atoms with van der Waals surface area (Å²) >= 11 is 0. The maximum absolute atomic E-state index is 13.5. The molecule has 0 saturated heterocycles. The number of carbonyl (C=O) groups excluding carboxylic acids is 3. The Morgan fingerprint density at radius 2 is 1.85 bits per heavy atom. The van der Waals surface area contributed by atoms with E-state index in [0.717, 1.165) is 27.8 Å². The van der Waals surface area contributed by atoms with Gasteiger partial charge in [0, 0.05) is 31.4 Å². The van der Waals surface area contributed by atoms with Crippen LogP contribution in [0.15, 0.2) is 72.8 Å². The third-order valence-electron chi connectivity index (χ3n) is 6.94. The van der Waals surface area contributed by atoms with Crippen LogP contribution in [-0.4, -0.2) is 64.3 Å². The molecule has 0 bridgehead atoms. The number of nitrogens with one attached hydrogen (secondary N) is 2. The topological polar surface area (TPSA) is 108 Å². The molecule has 4 aromatic rings. The van der Waals surface area contributed by atoms with Crippen molar-refractivity contribution in [2.75, 3.05) is 26.0 Å². The lowest BCUT2D eigenvalue weighted by atomic mass is 10.1. The Morgan fingerprint density at radius 3 is 2.62 bits per heavy atom. The third-order valence-corrected chi connectivity index (χ3v) is 6.94. The summed E-state index contributed by atoms with van der Waals surface area (Å²) in [6, 6.07) is 22.3. The van der Waals surface area contributed by atoms with Gasteiger partial charge in [-0.1, -0.05) is 42.5 Å². The van der Waals surface area contributed by atoms with Crippen molar-refractivity contribution in [3.8, 4) is 0 Å². The Balaban J connectivity index is 1.36. The van der Waals surface area contributed by atoms with Crippen LogP contribution in [-0.2, 0) is 33.8 Å². The quantitative estimate of drug-likeness (QED) is 0.339. The van der Waals surface area contributed by atoms with Gasteiger partial charge in [0.1, 0.15) is 11.9 Å². The molecular formula is C30H31N5O4. The third kappa shape index (κ3) is 5.93. The highest BCUT2D eigenvalue weighted by Gasteiger charge is 2.31. The van der Waals surface area contributed by atoms with Crippen LogP contribution in [0.5, 0.6) is 0 Å². The Bertz CT molecular complexity index is 1470. The van der Waals surface area contributed by atoms with Crippen LogP contribution >= 0.6 is 0 Å². The van der Waals surface area contributed by atoms with Crippen molar-refractivity contribution >= 4 is 34.5 Å². The van der Waals surface area contributed by atoms with Crippen LogP contribution in [0.1, 0.15) is 33.7 Å². The van der Waals surface area contributed by atoms with Crippen LogP contribution in [0, 0.1) is 0 Å². The van der Waals surface area contributed by atoms with E-state index in [-0.39, 0.29) is 18.2 Å². The number of benzene rings is 3. The number of H-pyrrole nitrogens is 1. The summed E-state index contributed by atoms with van der Waals surface area (Å²) in [5.74, 6) is -0.101. The van der Waals surface area contributed by atoms with Crippen molar-refractivity contribution in [3.05, 3.63) is 95.3 Å². The molecule has 5 rings (SSSR count). The number of aromatic nitrogens is 2. The second-order valence-electron chi connectivity index (χ2n) is 9.71. The van der Waals surface area contributed by atoms with Crippen molar-refractivity contribution in [2.45, 2.75) is 32.0 Å². The number of imidazole rings is 1. The number of anilines is 1. The van der Waals surface area contributed by atoms with Gasteiger partial charge in [0.2, 0.25) is 5.91 Å². The molecule has 2 amide bonds. The van der Waals surface area contributed by atoms with Crippen molar-refractivity contribution in [2.24, 2.45) is 0 Å². The number of methoxy groups -OCH3 is 1. The van der Waals surface area contributed by atoms with Gasteiger partial charge < -0.3 is 24.8 Å².